The van der Waals surface area contributed by atoms with Gasteiger partial charge in [-0.2, -0.15) is 0 Å². The van der Waals surface area contributed by atoms with E-state index in [-0.39, 0.29) is 0 Å². The summed E-state index contributed by atoms with van der Waals surface area (Å²) in [5.74, 6) is 1.53. The molecule has 1 N–H and O–H groups in total. The second-order valence-electron chi connectivity index (χ2n) is 4.40. The van der Waals surface area contributed by atoms with Crippen molar-refractivity contribution in [2.75, 3.05) is 5.32 Å². The van der Waals surface area contributed by atoms with Crippen LogP contribution in [0, 0.1) is 6.92 Å². The number of nitrogens with one attached hydrogen (secondary N) is 1. The molecule has 4 nitrogen and oxygen atoms in total. The number of aromatic nitrogens is 3. The van der Waals surface area contributed by atoms with Crippen LogP contribution in [-0.2, 0) is 13.0 Å². The summed E-state index contributed by atoms with van der Waals surface area (Å²) in [4.78, 5) is 12.8. The number of rotatable bonds is 5. The zero-order valence-electron chi connectivity index (χ0n) is 11.2. The van der Waals surface area contributed by atoms with E-state index in [1.165, 1.54) is 5.56 Å². The first-order valence-electron chi connectivity index (χ1n) is 6.36. The Morgan fingerprint density at radius 1 is 1.32 bits per heavy atom. The Labute approximate surface area is 118 Å². The fraction of sp³-hybridized carbons (Fsp3) is 0.357. The Bertz CT molecular complexity index is 557. The van der Waals surface area contributed by atoms with Gasteiger partial charge in [0.1, 0.15) is 16.8 Å². The monoisotopic (exact) mass is 276 g/mol. The van der Waals surface area contributed by atoms with Crippen LogP contribution in [0.1, 0.15) is 30.3 Å². The van der Waals surface area contributed by atoms with Gasteiger partial charge in [-0.1, -0.05) is 18.5 Å². The first kappa shape index (κ1) is 13.7. The number of aryl methyl sites for hydroxylation is 2. The molecule has 0 aromatic carbocycles. The van der Waals surface area contributed by atoms with Gasteiger partial charge in [0.15, 0.2) is 0 Å². The van der Waals surface area contributed by atoms with Gasteiger partial charge < -0.3 is 5.32 Å². The summed E-state index contributed by atoms with van der Waals surface area (Å²) < 4.78 is 0. The molecule has 2 aromatic rings. The van der Waals surface area contributed by atoms with E-state index >= 15 is 0 Å². The summed E-state index contributed by atoms with van der Waals surface area (Å²) >= 11 is 6.00. The summed E-state index contributed by atoms with van der Waals surface area (Å²) in [5, 5.41) is 3.74. The molecule has 0 radical (unpaired) electrons. The minimum atomic E-state index is 0.476. The van der Waals surface area contributed by atoms with Gasteiger partial charge in [0.2, 0.25) is 0 Å². The Morgan fingerprint density at radius 2 is 2.16 bits per heavy atom. The number of anilines is 1. The molecule has 0 bridgehead atoms. The molecule has 2 heterocycles. The van der Waals surface area contributed by atoms with Crippen LogP contribution in [0.25, 0.3) is 0 Å². The van der Waals surface area contributed by atoms with E-state index in [9.17, 15) is 0 Å². The lowest BCUT2D eigenvalue weighted by Gasteiger charge is -2.09. The average Bonchev–Trinajstić information content (AvgIpc) is 2.37. The van der Waals surface area contributed by atoms with E-state index in [0.717, 1.165) is 30.0 Å². The molecule has 0 aliphatic carbocycles. The largest absolute Gasteiger partial charge is 0.366 e. The highest BCUT2D eigenvalue weighted by Gasteiger charge is 2.03. The third-order valence-corrected chi connectivity index (χ3v) is 3.02. The van der Waals surface area contributed by atoms with Crippen molar-refractivity contribution >= 4 is 17.4 Å². The second-order valence-corrected chi connectivity index (χ2v) is 4.79. The standard InChI is InChI=1S/C14H17ClN4/c1-3-4-13-18-12(15)7-14(19-13)17-9-11-8-16-6-5-10(11)2/h5-8H,3-4,9H2,1-2H3,(H,17,18,19). The SMILES string of the molecule is CCCc1nc(Cl)cc(NCc2cnccc2C)n1. The molecule has 100 valence electrons. The van der Waals surface area contributed by atoms with Crippen LogP contribution in [0.2, 0.25) is 5.15 Å². The minimum absolute atomic E-state index is 0.476. The first-order valence-corrected chi connectivity index (χ1v) is 6.73. The second kappa shape index (κ2) is 6.48. The van der Waals surface area contributed by atoms with Gasteiger partial charge in [-0.3, -0.25) is 4.98 Å². The lowest BCUT2D eigenvalue weighted by atomic mass is 10.1. The van der Waals surface area contributed by atoms with Crippen molar-refractivity contribution in [2.24, 2.45) is 0 Å². The Balaban J connectivity index is 2.09. The minimum Gasteiger partial charge on any atom is -0.366 e. The number of hydrogen-bond acceptors (Lipinski definition) is 4. The summed E-state index contributed by atoms with van der Waals surface area (Å²) in [6, 6.07) is 3.74. The molecular formula is C14H17ClN4. The van der Waals surface area contributed by atoms with E-state index in [1.807, 2.05) is 12.3 Å². The highest BCUT2D eigenvalue weighted by Crippen LogP contribution is 2.14. The Kier molecular flexibility index (Phi) is 4.68. The van der Waals surface area contributed by atoms with Crippen molar-refractivity contribution in [1.82, 2.24) is 15.0 Å². The summed E-state index contributed by atoms with van der Waals surface area (Å²) in [6.45, 7) is 4.84. The Morgan fingerprint density at radius 3 is 2.89 bits per heavy atom. The van der Waals surface area contributed by atoms with Gasteiger partial charge in [0.25, 0.3) is 0 Å². The fourth-order valence-electron chi connectivity index (χ4n) is 1.76. The highest BCUT2D eigenvalue weighted by molar-refractivity contribution is 6.29. The van der Waals surface area contributed by atoms with Gasteiger partial charge in [-0.25, -0.2) is 9.97 Å². The van der Waals surface area contributed by atoms with Crippen molar-refractivity contribution in [3.05, 3.63) is 46.6 Å². The van der Waals surface area contributed by atoms with Crippen LogP contribution in [0.4, 0.5) is 5.82 Å². The van der Waals surface area contributed by atoms with Gasteiger partial charge >= 0.3 is 0 Å². The molecule has 19 heavy (non-hydrogen) atoms. The predicted molar refractivity (Wildman–Crippen MR) is 77.3 cm³/mol. The molecule has 0 atom stereocenters. The summed E-state index contributed by atoms with van der Waals surface area (Å²) in [5.41, 5.74) is 2.35. The van der Waals surface area contributed by atoms with Crippen LogP contribution in [-0.4, -0.2) is 15.0 Å². The molecule has 0 amide bonds. The topological polar surface area (TPSA) is 50.7 Å². The Hall–Kier alpha value is -1.68. The number of halogens is 1. The molecule has 0 spiro atoms. The van der Waals surface area contributed by atoms with Crippen molar-refractivity contribution in [2.45, 2.75) is 33.2 Å². The smallest absolute Gasteiger partial charge is 0.134 e. The third-order valence-electron chi connectivity index (χ3n) is 2.82. The normalized spacial score (nSPS) is 10.5. The molecule has 0 fully saturated rings. The average molecular weight is 277 g/mol. The van der Waals surface area contributed by atoms with Gasteiger partial charge in [0.05, 0.1) is 0 Å². The van der Waals surface area contributed by atoms with Crippen molar-refractivity contribution < 1.29 is 0 Å². The molecule has 0 aliphatic heterocycles. The third kappa shape index (κ3) is 3.89. The quantitative estimate of drug-likeness (QED) is 0.851. The molecule has 2 aromatic heterocycles. The van der Waals surface area contributed by atoms with Crippen LogP contribution < -0.4 is 5.32 Å². The summed E-state index contributed by atoms with van der Waals surface area (Å²) in [6.07, 6.45) is 5.49. The molecule has 0 unspecified atom stereocenters. The maximum absolute atomic E-state index is 6.00. The van der Waals surface area contributed by atoms with Crippen LogP contribution in [0.15, 0.2) is 24.5 Å². The molecule has 0 saturated carbocycles. The summed E-state index contributed by atoms with van der Waals surface area (Å²) in [7, 11) is 0. The van der Waals surface area contributed by atoms with Crippen molar-refractivity contribution in [3.8, 4) is 0 Å². The highest BCUT2D eigenvalue weighted by atomic mass is 35.5. The van der Waals surface area contributed by atoms with Crippen molar-refractivity contribution in [1.29, 1.82) is 0 Å². The maximum atomic E-state index is 6.00. The van der Waals surface area contributed by atoms with E-state index < -0.39 is 0 Å². The zero-order valence-corrected chi connectivity index (χ0v) is 11.9. The molecular weight excluding hydrogens is 260 g/mol. The van der Waals surface area contributed by atoms with Crippen LogP contribution in [0.5, 0.6) is 0 Å². The van der Waals surface area contributed by atoms with Gasteiger partial charge in [-0.15, -0.1) is 0 Å². The van der Waals surface area contributed by atoms with Crippen LogP contribution >= 0.6 is 11.6 Å². The fourth-order valence-corrected chi connectivity index (χ4v) is 1.96. The van der Waals surface area contributed by atoms with Gasteiger partial charge in [-0.05, 0) is 30.5 Å². The van der Waals surface area contributed by atoms with E-state index in [0.29, 0.717) is 11.7 Å². The molecule has 0 aliphatic rings. The number of hydrogen-bond donors (Lipinski definition) is 1. The lowest BCUT2D eigenvalue weighted by Crippen LogP contribution is -2.06. The van der Waals surface area contributed by atoms with E-state index in [1.54, 1.807) is 12.3 Å². The zero-order chi connectivity index (χ0) is 13.7. The first-order chi connectivity index (χ1) is 9.19. The van der Waals surface area contributed by atoms with Crippen LogP contribution in [0.3, 0.4) is 0 Å². The van der Waals surface area contributed by atoms with E-state index in [2.05, 4.69) is 34.1 Å². The molecule has 2 rings (SSSR count). The molecule has 0 saturated heterocycles. The number of pyridine rings is 1. The molecule has 5 heteroatoms. The van der Waals surface area contributed by atoms with Gasteiger partial charge in [0, 0.05) is 31.4 Å². The maximum Gasteiger partial charge on any atom is 0.134 e. The van der Waals surface area contributed by atoms with Crippen molar-refractivity contribution in [3.63, 3.8) is 0 Å². The number of nitrogens with zero attached hydrogens (tertiary/aromatic N) is 3. The van der Waals surface area contributed by atoms with E-state index in [4.69, 9.17) is 11.6 Å². The lowest BCUT2D eigenvalue weighted by molar-refractivity contribution is 0.833. The predicted octanol–water partition coefficient (Wildman–Crippen LogP) is 3.40.